The quantitative estimate of drug-likeness (QED) is 0.776. The molecule has 1 heterocycles. The van der Waals surface area contributed by atoms with Crippen molar-refractivity contribution in [1.29, 1.82) is 0 Å². The van der Waals surface area contributed by atoms with Crippen LogP contribution in [0, 0.1) is 6.92 Å². The third-order valence-corrected chi connectivity index (χ3v) is 2.08. The maximum atomic E-state index is 8.71. The fourth-order valence-electron chi connectivity index (χ4n) is 1.22. The predicted octanol–water partition coefficient (Wildman–Crippen LogP) is 1.43. The van der Waals surface area contributed by atoms with Crippen molar-refractivity contribution in [3.63, 3.8) is 0 Å². The van der Waals surface area contributed by atoms with E-state index in [0.29, 0.717) is 11.4 Å². The lowest BCUT2D eigenvalue weighted by Gasteiger charge is -2.11. The van der Waals surface area contributed by atoms with E-state index in [1.807, 2.05) is 13.0 Å². The Balaban J connectivity index is 2.88. The van der Waals surface area contributed by atoms with E-state index in [4.69, 9.17) is 22.4 Å². The SMILES string of the molecule is Cc1cc(Cl)cnc1C(N)CCO. The zero-order chi connectivity index (χ0) is 9.84. The first-order chi connectivity index (χ1) is 6.15. The lowest BCUT2D eigenvalue weighted by Crippen LogP contribution is -2.14. The highest BCUT2D eigenvalue weighted by atomic mass is 35.5. The molecule has 1 rings (SSSR count). The smallest absolute Gasteiger partial charge is 0.0602 e. The zero-order valence-electron chi connectivity index (χ0n) is 7.50. The molecule has 0 aliphatic rings. The van der Waals surface area contributed by atoms with Gasteiger partial charge in [-0.1, -0.05) is 11.6 Å². The summed E-state index contributed by atoms with van der Waals surface area (Å²) in [6.45, 7) is 1.98. The molecule has 1 atom stereocenters. The molecule has 0 aliphatic carbocycles. The zero-order valence-corrected chi connectivity index (χ0v) is 8.25. The Bertz CT molecular complexity index is 291. The number of aryl methyl sites for hydroxylation is 1. The molecule has 3 nitrogen and oxygen atoms in total. The van der Waals surface area contributed by atoms with Crippen LogP contribution in [0.2, 0.25) is 5.02 Å². The Morgan fingerprint density at radius 3 is 2.92 bits per heavy atom. The van der Waals surface area contributed by atoms with Crippen molar-refractivity contribution >= 4 is 11.6 Å². The summed E-state index contributed by atoms with van der Waals surface area (Å²) in [5.41, 5.74) is 7.56. The van der Waals surface area contributed by atoms with Gasteiger partial charge < -0.3 is 10.8 Å². The molecule has 0 saturated heterocycles. The van der Waals surface area contributed by atoms with Crippen molar-refractivity contribution < 1.29 is 5.11 Å². The van der Waals surface area contributed by atoms with Gasteiger partial charge in [0.15, 0.2) is 0 Å². The van der Waals surface area contributed by atoms with Gasteiger partial charge in [0, 0.05) is 18.8 Å². The summed E-state index contributed by atoms with van der Waals surface area (Å²) in [6.07, 6.45) is 2.09. The van der Waals surface area contributed by atoms with Crippen LogP contribution in [0.15, 0.2) is 12.3 Å². The molecule has 0 amide bonds. The van der Waals surface area contributed by atoms with Crippen molar-refractivity contribution in [3.05, 3.63) is 28.5 Å². The van der Waals surface area contributed by atoms with Crippen molar-refractivity contribution in [3.8, 4) is 0 Å². The number of hydrogen-bond donors (Lipinski definition) is 2. The Kier molecular flexibility index (Phi) is 3.66. The summed E-state index contributed by atoms with van der Waals surface area (Å²) >= 11 is 5.75. The summed E-state index contributed by atoms with van der Waals surface area (Å²) in [5, 5.41) is 9.32. The molecule has 0 bridgehead atoms. The van der Waals surface area contributed by atoms with E-state index in [0.717, 1.165) is 11.3 Å². The monoisotopic (exact) mass is 200 g/mol. The van der Waals surface area contributed by atoms with E-state index in [1.54, 1.807) is 6.20 Å². The third-order valence-electron chi connectivity index (χ3n) is 1.88. The molecule has 0 spiro atoms. The normalized spacial score (nSPS) is 12.9. The Hall–Kier alpha value is -0.640. The van der Waals surface area contributed by atoms with Gasteiger partial charge in [-0.25, -0.2) is 0 Å². The average Bonchev–Trinajstić information content (AvgIpc) is 2.04. The van der Waals surface area contributed by atoms with E-state index >= 15 is 0 Å². The second-order valence-electron chi connectivity index (χ2n) is 2.97. The van der Waals surface area contributed by atoms with Crippen LogP contribution in [0.3, 0.4) is 0 Å². The number of rotatable bonds is 3. The van der Waals surface area contributed by atoms with Gasteiger partial charge in [0.05, 0.1) is 10.7 Å². The van der Waals surface area contributed by atoms with Crippen LogP contribution in [0.1, 0.15) is 23.7 Å². The van der Waals surface area contributed by atoms with Crippen LogP contribution in [0.4, 0.5) is 0 Å². The molecule has 3 N–H and O–H groups in total. The van der Waals surface area contributed by atoms with E-state index in [-0.39, 0.29) is 12.6 Å². The van der Waals surface area contributed by atoms with Gasteiger partial charge in [-0.15, -0.1) is 0 Å². The predicted molar refractivity (Wildman–Crippen MR) is 52.6 cm³/mol. The fourth-order valence-corrected chi connectivity index (χ4v) is 1.43. The lowest BCUT2D eigenvalue weighted by molar-refractivity contribution is 0.275. The third kappa shape index (κ3) is 2.66. The van der Waals surface area contributed by atoms with Gasteiger partial charge in [-0.2, -0.15) is 0 Å². The first-order valence-electron chi connectivity index (χ1n) is 4.13. The molecular formula is C9H13ClN2O. The van der Waals surface area contributed by atoms with Gasteiger partial charge in [-0.05, 0) is 25.0 Å². The minimum Gasteiger partial charge on any atom is -0.396 e. The van der Waals surface area contributed by atoms with Crippen LogP contribution in [0.25, 0.3) is 0 Å². The van der Waals surface area contributed by atoms with E-state index < -0.39 is 0 Å². The van der Waals surface area contributed by atoms with Crippen molar-refractivity contribution in [2.45, 2.75) is 19.4 Å². The van der Waals surface area contributed by atoms with Crippen molar-refractivity contribution in [1.82, 2.24) is 4.98 Å². The summed E-state index contributed by atoms with van der Waals surface area (Å²) in [6, 6.07) is 1.61. The lowest BCUT2D eigenvalue weighted by atomic mass is 10.1. The van der Waals surface area contributed by atoms with Crippen molar-refractivity contribution in [2.24, 2.45) is 5.73 Å². The Labute approximate surface area is 82.5 Å². The second kappa shape index (κ2) is 4.56. The minimum absolute atomic E-state index is 0.0743. The summed E-state index contributed by atoms with van der Waals surface area (Å²) in [7, 11) is 0. The van der Waals surface area contributed by atoms with Crippen molar-refractivity contribution in [2.75, 3.05) is 6.61 Å². The maximum Gasteiger partial charge on any atom is 0.0602 e. The van der Waals surface area contributed by atoms with Gasteiger partial charge in [-0.3, -0.25) is 4.98 Å². The number of nitrogens with zero attached hydrogens (tertiary/aromatic N) is 1. The number of aromatic nitrogens is 1. The highest BCUT2D eigenvalue weighted by Crippen LogP contribution is 2.18. The summed E-state index contributed by atoms with van der Waals surface area (Å²) < 4.78 is 0. The topological polar surface area (TPSA) is 59.1 Å². The molecule has 0 saturated carbocycles. The largest absolute Gasteiger partial charge is 0.396 e. The van der Waals surface area contributed by atoms with Crippen LogP contribution >= 0.6 is 11.6 Å². The number of halogens is 1. The van der Waals surface area contributed by atoms with Gasteiger partial charge in [0.25, 0.3) is 0 Å². The van der Waals surface area contributed by atoms with E-state index in [9.17, 15) is 0 Å². The molecule has 1 aromatic rings. The Morgan fingerprint density at radius 1 is 1.69 bits per heavy atom. The van der Waals surface area contributed by atoms with Crippen LogP contribution < -0.4 is 5.73 Å². The van der Waals surface area contributed by atoms with Gasteiger partial charge in [0.1, 0.15) is 0 Å². The van der Waals surface area contributed by atoms with Crippen LogP contribution in [0.5, 0.6) is 0 Å². The van der Waals surface area contributed by atoms with Crippen LogP contribution in [-0.4, -0.2) is 16.7 Å². The number of hydrogen-bond acceptors (Lipinski definition) is 3. The second-order valence-corrected chi connectivity index (χ2v) is 3.41. The molecule has 13 heavy (non-hydrogen) atoms. The molecule has 0 radical (unpaired) electrons. The molecule has 0 aliphatic heterocycles. The molecule has 72 valence electrons. The van der Waals surface area contributed by atoms with E-state index in [2.05, 4.69) is 4.98 Å². The summed E-state index contributed by atoms with van der Waals surface area (Å²) in [4.78, 5) is 4.13. The maximum absolute atomic E-state index is 8.71. The molecular weight excluding hydrogens is 188 g/mol. The first-order valence-corrected chi connectivity index (χ1v) is 4.51. The molecule has 1 unspecified atom stereocenters. The minimum atomic E-state index is -0.206. The van der Waals surface area contributed by atoms with Gasteiger partial charge >= 0.3 is 0 Å². The number of aliphatic hydroxyl groups is 1. The van der Waals surface area contributed by atoms with Gasteiger partial charge in [0.2, 0.25) is 0 Å². The summed E-state index contributed by atoms with van der Waals surface area (Å²) in [5.74, 6) is 0. The fraction of sp³-hybridized carbons (Fsp3) is 0.444. The van der Waals surface area contributed by atoms with Crippen LogP contribution in [-0.2, 0) is 0 Å². The van der Waals surface area contributed by atoms with E-state index in [1.165, 1.54) is 0 Å². The molecule has 1 aromatic heterocycles. The molecule has 0 fully saturated rings. The molecule has 0 aromatic carbocycles. The number of nitrogens with two attached hydrogens (primary N) is 1. The number of aliphatic hydroxyl groups excluding tert-OH is 1. The molecule has 4 heteroatoms. The highest BCUT2D eigenvalue weighted by molar-refractivity contribution is 6.30. The first kappa shape index (κ1) is 10.4. The number of pyridine rings is 1. The standard InChI is InChI=1S/C9H13ClN2O/c1-6-4-7(10)5-12-9(6)8(11)2-3-13/h4-5,8,13H,2-3,11H2,1H3. The highest BCUT2D eigenvalue weighted by Gasteiger charge is 2.09. The average molecular weight is 201 g/mol. The Morgan fingerprint density at radius 2 is 2.38 bits per heavy atom.